The quantitative estimate of drug-likeness (QED) is 0.363. The van der Waals surface area contributed by atoms with E-state index in [-0.39, 0.29) is 29.9 Å². The molecule has 3 heterocycles. The van der Waals surface area contributed by atoms with Gasteiger partial charge in [-0.2, -0.15) is 5.26 Å². The lowest BCUT2D eigenvalue weighted by Gasteiger charge is -2.30. The zero-order valence-corrected chi connectivity index (χ0v) is 23.7. The van der Waals surface area contributed by atoms with E-state index in [0.29, 0.717) is 46.7 Å². The van der Waals surface area contributed by atoms with Gasteiger partial charge in [-0.25, -0.2) is 9.97 Å². The summed E-state index contributed by atoms with van der Waals surface area (Å²) in [5.74, 6) is 0.619. The van der Waals surface area contributed by atoms with E-state index in [2.05, 4.69) is 31.2 Å². The Balaban J connectivity index is 0.000000848. The monoisotopic (exact) mass is 567 g/mol. The highest BCUT2D eigenvalue weighted by Crippen LogP contribution is 2.28. The van der Waals surface area contributed by atoms with Crippen molar-refractivity contribution in [1.29, 1.82) is 5.26 Å². The summed E-state index contributed by atoms with van der Waals surface area (Å²) in [4.78, 5) is 33.2. The fourth-order valence-corrected chi connectivity index (χ4v) is 4.99. The van der Waals surface area contributed by atoms with Crippen molar-refractivity contribution in [2.24, 2.45) is 0 Å². The van der Waals surface area contributed by atoms with Crippen LogP contribution in [-0.4, -0.2) is 53.1 Å². The van der Waals surface area contributed by atoms with Crippen molar-refractivity contribution in [3.8, 4) is 6.07 Å². The second-order valence-corrected chi connectivity index (χ2v) is 11.0. The fraction of sp³-hybridized carbons (Fsp3) is 0.552. The number of anilines is 3. The van der Waals surface area contributed by atoms with Gasteiger partial charge in [0, 0.05) is 56.7 Å². The molecule has 1 aliphatic heterocycles. The first-order chi connectivity index (χ1) is 19.4. The maximum absolute atomic E-state index is 13.3. The molecule has 0 bridgehead atoms. The molecule has 2 saturated carbocycles. The molecule has 1 saturated heterocycles. The van der Waals surface area contributed by atoms with Gasteiger partial charge in [0.2, 0.25) is 5.91 Å². The summed E-state index contributed by atoms with van der Waals surface area (Å²) in [6, 6.07) is 5.68. The number of amides is 2. The van der Waals surface area contributed by atoms with Gasteiger partial charge in [0.15, 0.2) is 0 Å². The van der Waals surface area contributed by atoms with E-state index in [4.69, 9.17) is 21.6 Å². The highest BCUT2D eigenvalue weighted by Gasteiger charge is 2.25. The van der Waals surface area contributed by atoms with Crippen LogP contribution in [0.3, 0.4) is 0 Å². The minimum atomic E-state index is -0.193. The second kappa shape index (κ2) is 14.8. The molecule has 40 heavy (non-hydrogen) atoms. The Morgan fingerprint density at radius 3 is 2.15 bits per heavy atom. The van der Waals surface area contributed by atoms with E-state index in [0.717, 1.165) is 38.5 Å². The Morgan fingerprint density at radius 1 is 0.925 bits per heavy atom. The summed E-state index contributed by atoms with van der Waals surface area (Å²) in [5.41, 5.74) is 1.47. The van der Waals surface area contributed by atoms with E-state index in [1.807, 2.05) is 6.07 Å². The molecule has 3 aliphatic rings. The van der Waals surface area contributed by atoms with Crippen molar-refractivity contribution in [3.63, 3.8) is 0 Å². The molecule has 2 aromatic heterocycles. The number of ether oxygens (including phenoxy) is 1. The fourth-order valence-electron chi connectivity index (χ4n) is 4.78. The maximum Gasteiger partial charge on any atom is 0.255 e. The summed E-state index contributed by atoms with van der Waals surface area (Å²) >= 11 is 6.26. The first-order valence-electron chi connectivity index (χ1n) is 14.2. The minimum absolute atomic E-state index is 0.0245. The summed E-state index contributed by atoms with van der Waals surface area (Å²) in [6.07, 6.45) is 13.9. The summed E-state index contributed by atoms with van der Waals surface area (Å²) in [6.45, 7) is 2.85. The van der Waals surface area contributed by atoms with Crippen LogP contribution < -0.4 is 21.3 Å². The van der Waals surface area contributed by atoms with Crippen LogP contribution in [0.2, 0.25) is 5.02 Å². The van der Waals surface area contributed by atoms with Crippen molar-refractivity contribution in [1.82, 2.24) is 20.6 Å². The molecular formula is C29H38ClN7O3. The molecule has 0 unspecified atom stereocenters. The average Bonchev–Trinajstić information content (AvgIpc) is 2.90. The van der Waals surface area contributed by atoms with Crippen LogP contribution in [0.15, 0.2) is 24.5 Å². The molecule has 2 aliphatic carbocycles. The Labute approximate surface area is 240 Å². The third kappa shape index (κ3) is 8.80. The number of hydrogen-bond donors (Lipinski definition) is 4. The van der Waals surface area contributed by atoms with Crippen molar-refractivity contribution in [3.05, 3.63) is 40.7 Å². The zero-order chi connectivity index (χ0) is 28.3. The Hall–Kier alpha value is -3.42. The standard InChI is InChI=1S/C25H30ClN7O3.C4H8/c1-15(34)30-17-2-4-18(5-3-17)32-25(35)20-14-28-23(11-22(20)31-19-6-8-36-9-7-19)33-24-21(26)10-16(12-27)13-29-24;1-2-4-3-1/h10-11,13-14,17-19H,2-9H2,1H3,(H,30,34)(H,32,35)(H2,28,29,31,33);1-4H2. The molecule has 10 nitrogen and oxygen atoms in total. The lowest BCUT2D eigenvalue weighted by Crippen LogP contribution is -2.43. The smallest absolute Gasteiger partial charge is 0.255 e. The Morgan fingerprint density at radius 2 is 1.57 bits per heavy atom. The molecule has 2 aromatic rings. The highest BCUT2D eigenvalue weighted by molar-refractivity contribution is 6.33. The third-order valence-electron chi connectivity index (χ3n) is 7.42. The molecular weight excluding hydrogens is 530 g/mol. The molecule has 0 atom stereocenters. The van der Waals surface area contributed by atoms with Gasteiger partial charge in [-0.3, -0.25) is 9.59 Å². The lowest BCUT2D eigenvalue weighted by atomic mass is 9.91. The summed E-state index contributed by atoms with van der Waals surface area (Å²) in [7, 11) is 0. The lowest BCUT2D eigenvalue weighted by molar-refractivity contribution is -0.119. The highest BCUT2D eigenvalue weighted by atomic mass is 35.5. The van der Waals surface area contributed by atoms with Crippen molar-refractivity contribution in [2.45, 2.75) is 89.3 Å². The average molecular weight is 568 g/mol. The number of pyridine rings is 2. The molecule has 0 spiro atoms. The Kier molecular flexibility index (Phi) is 11.0. The number of nitriles is 1. The second-order valence-electron chi connectivity index (χ2n) is 10.6. The van der Waals surface area contributed by atoms with Gasteiger partial charge < -0.3 is 26.0 Å². The normalized spacial score (nSPS) is 20.5. The van der Waals surface area contributed by atoms with E-state index in [1.54, 1.807) is 12.3 Å². The van der Waals surface area contributed by atoms with Crippen LogP contribution in [0, 0.1) is 11.3 Å². The van der Waals surface area contributed by atoms with Gasteiger partial charge in [-0.05, 0) is 44.6 Å². The molecule has 2 amide bonds. The molecule has 4 N–H and O–H groups in total. The SMILES string of the molecule is C1CCC1.CC(=O)NC1CCC(NC(=O)c2cnc(Nc3ncc(C#N)cc3Cl)cc2NC2CCOCC2)CC1. The number of nitrogens with zero attached hydrogens (tertiary/aromatic N) is 3. The number of aromatic nitrogens is 2. The van der Waals surface area contributed by atoms with Crippen LogP contribution in [-0.2, 0) is 9.53 Å². The van der Waals surface area contributed by atoms with Gasteiger partial charge in [-0.15, -0.1) is 0 Å². The van der Waals surface area contributed by atoms with Gasteiger partial charge in [0.05, 0.1) is 21.8 Å². The molecule has 5 rings (SSSR count). The van der Waals surface area contributed by atoms with Crippen LogP contribution >= 0.6 is 11.6 Å². The number of hydrogen-bond acceptors (Lipinski definition) is 8. The van der Waals surface area contributed by atoms with E-state index < -0.39 is 0 Å². The van der Waals surface area contributed by atoms with Gasteiger partial charge in [0.1, 0.15) is 17.7 Å². The van der Waals surface area contributed by atoms with Crippen LogP contribution in [0.5, 0.6) is 0 Å². The van der Waals surface area contributed by atoms with Gasteiger partial charge in [-0.1, -0.05) is 37.3 Å². The number of rotatable bonds is 7. The predicted octanol–water partition coefficient (Wildman–Crippen LogP) is 5.07. The molecule has 0 radical (unpaired) electrons. The number of carbonyl (C=O) groups is 2. The number of nitrogens with one attached hydrogen (secondary N) is 4. The first kappa shape index (κ1) is 29.6. The van der Waals surface area contributed by atoms with Crippen molar-refractivity contribution in [2.75, 3.05) is 23.8 Å². The van der Waals surface area contributed by atoms with E-state index >= 15 is 0 Å². The predicted molar refractivity (Wildman–Crippen MR) is 155 cm³/mol. The van der Waals surface area contributed by atoms with Gasteiger partial charge >= 0.3 is 0 Å². The Bertz CT molecular complexity index is 1200. The van der Waals surface area contributed by atoms with E-state index in [9.17, 15) is 9.59 Å². The minimum Gasteiger partial charge on any atom is -0.381 e. The largest absolute Gasteiger partial charge is 0.381 e. The number of halogens is 1. The van der Waals surface area contributed by atoms with Crippen LogP contribution in [0.4, 0.5) is 17.3 Å². The topological polar surface area (TPSA) is 141 Å². The summed E-state index contributed by atoms with van der Waals surface area (Å²) in [5, 5.41) is 22.0. The van der Waals surface area contributed by atoms with Crippen LogP contribution in [0.1, 0.15) is 87.1 Å². The zero-order valence-electron chi connectivity index (χ0n) is 23.0. The van der Waals surface area contributed by atoms with Crippen molar-refractivity contribution < 1.29 is 14.3 Å². The van der Waals surface area contributed by atoms with Gasteiger partial charge in [0.25, 0.3) is 5.91 Å². The molecule has 11 heteroatoms. The van der Waals surface area contributed by atoms with Crippen molar-refractivity contribution >= 4 is 40.7 Å². The summed E-state index contributed by atoms with van der Waals surface area (Å²) < 4.78 is 5.47. The number of carbonyl (C=O) groups excluding carboxylic acids is 2. The third-order valence-corrected chi connectivity index (χ3v) is 7.70. The van der Waals surface area contributed by atoms with E-state index in [1.165, 1.54) is 44.9 Å². The molecule has 3 fully saturated rings. The molecule has 0 aromatic carbocycles. The first-order valence-corrected chi connectivity index (χ1v) is 14.5. The molecule has 214 valence electrons. The van der Waals surface area contributed by atoms with Crippen LogP contribution in [0.25, 0.3) is 0 Å². The maximum atomic E-state index is 13.3.